The van der Waals surface area contributed by atoms with Gasteiger partial charge in [-0.2, -0.15) is 0 Å². The summed E-state index contributed by atoms with van der Waals surface area (Å²) in [7, 11) is 1.37. The minimum Gasteiger partial charge on any atom is -0.465 e. The number of nitrogens with two attached hydrogens (primary N) is 1. The molecule has 2 N–H and O–H groups in total. The molecule has 3 aromatic rings. The molecule has 0 saturated heterocycles. The molecule has 0 amide bonds. The predicted molar refractivity (Wildman–Crippen MR) is 75.0 cm³/mol. The molecule has 0 atom stereocenters. The Morgan fingerprint density at radius 3 is 2.68 bits per heavy atom. The minimum absolute atomic E-state index is 0.348. The van der Waals surface area contributed by atoms with E-state index in [1.54, 1.807) is 12.1 Å². The van der Waals surface area contributed by atoms with E-state index < -0.39 is 0 Å². The molecule has 0 bridgehead atoms. The Kier molecular flexibility index (Phi) is 2.56. The van der Waals surface area contributed by atoms with E-state index in [1.165, 1.54) is 7.11 Å². The molecule has 19 heavy (non-hydrogen) atoms. The van der Waals surface area contributed by atoms with Crippen LogP contribution in [0.4, 0.5) is 5.69 Å². The van der Waals surface area contributed by atoms with Gasteiger partial charge in [0.25, 0.3) is 0 Å². The number of benzene rings is 2. The SMILES string of the molecule is COC(=O)c1ccc2nc3cc(N)ccc3cc2c1. The molecule has 0 aliphatic rings. The fraction of sp³-hybridized carbons (Fsp3) is 0.0667. The third-order valence-electron chi connectivity index (χ3n) is 3.06. The number of carbonyl (C=O) groups excluding carboxylic acids is 1. The molecule has 0 spiro atoms. The fourth-order valence-corrected chi connectivity index (χ4v) is 2.09. The summed E-state index contributed by atoms with van der Waals surface area (Å²) >= 11 is 0. The third kappa shape index (κ3) is 1.97. The van der Waals surface area contributed by atoms with Gasteiger partial charge < -0.3 is 10.5 Å². The molecule has 0 fully saturated rings. The molecule has 2 aromatic carbocycles. The maximum absolute atomic E-state index is 11.5. The van der Waals surface area contributed by atoms with Crippen LogP contribution >= 0.6 is 0 Å². The Balaban J connectivity index is 2.26. The summed E-state index contributed by atoms with van der Waals surface area (Å²) in [4.78, 5) is 16.0. The van der Waals surface area contributed by atoms with Crippen molar-refractivity contribution in [3.05, 3.63) is 48.0 Å². The molecule has 4 nitrogen and oxygen atoms in total. The third-order valence-corrected chi connectivity index (χ3v) is 3.06. The van der Waals surface area contributed by atoms with Crippen LogP contribution in [0.5, 0.6) is 0 Å². The fourth-order valence-electron chi connectivity index (χ4n) is 2.09. The highest BCUT2D eigenvalue weighted by molar-refractivity contribution is 5.98. The van der Waals surface area contributed by atoms with E-state index in [-0.39, 0.29) is 5.97 Å². The van der Waals surface area contributed by atoms with E-state index in [2.05, 4.69) is 4.98 Å². The minimum atomic E-state index is -0.348. The largest absolute Gasteiger partial charge is 0.465 e. The predicted octanol–water partition coefficient (Wildman–Crippen LogP) is 2.76. The van der Waals surface area contributed by atoms with Gasteiger partial charge >= 0.3 is 5.97 Å². The van der Waals surface area contributed by atoms with Crippen LogP contribution in [-0.4, -0.2) is 18.1 Å². The van der Waals surface area contributed by atoms with Crippen molar-refractivity contribution in [3.8, 4) is 0 Å². The van der Waals surface area contributed by atoms with E-state index in [4.69, 9.17) is 10.5 Å². The lowest BCUT2D eigenvalue weighted by atomic mass is 10.1. The number of esters is 1. The van der Waals surface area contributed by atoms with Crippen molar-refractivity contribution in [2.24, 2.45) is 0 Å². The van der Waals surface area contributed by atoms with Crippen molar-refractivity contribution >= 4 is 33.5 Å². The molecule has 3 rings (SSSR count). The molecule has 94 valence electrons. The summed E-state index contributed by atoms with van der Waals surface area (Å²) in [6, 6.07) is 12.9. The van der Waals surface area contributed by atoms with E-state index >= 15 is 0 Å². The van der Waals surface area contributed by atoms with Crippen molar-refractivity contribution in [1.82, 2.24) is 4.98 Å². The van der Waals surface area contributed by atoms with E-state index in [1.807, 2.05) is 30.3 Å². The molecule has 0 aliphatic heterocycles. The average Bonchev–Trinajstić information content (AvgIpc) is 2.43. The monoisotopic (exact) mass is 252 g/mol. The van der Waals surface area contributed by atoms with Crippen LogP contribution in [0.1, 0.15) is 10.4 Å². The number of ether oxygens (including phenoxy) is 1. The number of nitrogen functional groups attached to an aromatic ring is 1. The topological polar surface area (TPSA) is 65.2 Å². The van der Waals surface area contributed by atoms with Gasteiger partial charge in [0.05, 0.1) is 23.7 Å². The maximum Gasteiger partial charge on any atom is 0.337 e. The highest BCUT2D eigenvalue weighted by Crippen LogP contribution is 2.22. The highest BCUT2D eigenvalue weighted by Gasteiger charge is 2.07. The number of anilines is 1. The summed E-state index contributed by atoms with van der Waals surface area (Å²) in [6.45, 7) is 0. The second-order valence-electron chi connectivity index (χ2n) is 4.34. The van der Waals surface area contributed by atoms with Crippen molar-refractivity contribution < 1.29 is 9.53 Å². The van der Waals surface area contributed by atoms with Gasteiger partial charge in [0.1, 0.15) is 0 Å². The zero-order valence-electron chi connectivity index (χ0n) is 10.4. The summed E-state index contributed by atoms with van der Waals surface area (Å²) in [5.74, 6) is -0.348. The first-order valence-electron chi connectivity index (χ1n) is 5.86. The Labute approximate surface area is 109 Å². The van der Waals surface area contributed by atoms with Gasteiger partial charge in [0, 0.05) is 16.5 Å². The average molecular weight is 252 g/mol. The Morgan fingerprint density at radius 2 is 1.89 bits per heavy atom. The molecular formula is C15H12N2O2. The van der Waals surface area contributed by atoms with Crippen LogP contribution in [0.2, 0.25) is 0 Å². The van der Waals surface area contributed by atoms with Crippen LogP contribution in [0, 0.1) is 0 Å². The van der Waals surface area contributed by atoms with Gasteiger partial charge in [-0.1, -0.05) is 6.07 Å². The summed E-state index contributed by atoms with van der Waals surface area (Å²) < 4.78 is 4.71. The number of pyridine rings is 1. The first-order valence-corrected chi connectivity index (χ1v) is 5.86. The lowest BCUT2D eigenvalue weighted by Crippen LogP contribution is -2.00. The van der Waals surface area contributed by atoms with Gasteiger partial charge in [-0.15, -0.1) is 0 Å². The molecule has 1 aromatic heterocycles. The van der Waals surface area contributed by atoms with Crippen LogP contribution in [0.3, 0.4) is 0 Å². The van der Waals surface area contributed by atoms with Crippen molar-refractivity contribution in [3.63, 3.8) is 0 Å². The lowest BCUT2D eigenvalue weighted by molar-refractivity contribution is 0.0601. The first-order chi connectivity index (χ1) is 9.17. The number of fused-ring (bicyclic) bond motifs is 2. The lowest BCUT2D eigenvalue weighted by Gasteiger charge is -2.04. The Hall–Kier alpha value is -2.62. The molecule has 0 aliphatic carbocycles. The smallest absolute Gasteiger partial charge is 0.337 e. The molecule has 4 heteroatoms. The second kappa shape index (κ2) is 4.24. The first kappa shape index (κ1) is 11.5. The van der Waals surface area contributed by atoms with E-state index in [0.29, 0.717) is 11.3 Å². The number of hydrogen-bond donors (Lipinski definition) is 1. The van der Waals surface area contributed by atoms with Gasteiger partial charge in [-0.3, -0.25) is 0 Å². The van der Waals surface area contributed by atoms with Gasteiger partial charge in [-0.05, 0) is 36.4 Å². The molecule has 0 saturated carbocycles. The normalized spacial score (nSPS) is 10.8. The number of carbonyl (C=O) groups is 1. The van der Waals surface area contributed by atoms with Crippen LogP contribution in [-0.2, 0) is 4.74 Å². The maximum atomic E-state index is 11.5. The van der Waals surface area contributed by atoms with Gasteiger partial charge in [0.2, 0.25) is 0 Å². The van der Waals surface area contributed by atoms with Crippen LogP contribution in [0.25, 0.3) is 21.8 Å². The molecular weight excluding hydrogens is 240 g/mol. The zero-order chi connectivity index (χ0) is 13.4. The number of hydrogen-bond acceptors (Lipinski definition) is 4. The molecule has 0 radical (unpaired) electrons. The number of rotatable bonds is 1. The van der Waals surface area contributed by atoms with Crippen LogP contribution < -0.4 is 5.73 Å². The zero-order valence-corrected chi connectivity index (χ0v) is 10.4. The van der Waals surface area contributed by atoms with Gasteiger partial charge in [-0.25, -0.2) is 9.78 Å². The van der Waals surface area contributed by atoms with Gasteiger partial charge in [0.15, 0.2) is 0 Å². The number of methoxy groups -OCH3 is 1. The number of nitrogens with zero attached hydrogens (tertiary/aromatic N) is 1. The summed E-state index contributed by atoms with van der Waals surface area (Å²) in [5, 5.41) is 1.89. The Bertz CT molecular complexity index is 797. The van der Waals surface area contributed by atoms with Crippen molar-refractivity contribution in [1.29, 1.82) is 0 Å². The quantitative estimate of drug-likeness (QED) is 0.411. The summed E-state index contributed by atoms with van der Waals surface area (Å²) in [5.41, 5.74) is 8.62. The van der Waals surface area contributed by atoms with E-state index in [9.17, 15) is 4.79 Å². The molecule has 0 unspecified atom stereocenters. The van der Waals surface area contributed by atoms with Crippen molar-refractivity contribution in [2.75, 3.05) is 12.8 Å². The molecule has 1 heterocycles. The Morgan fingerprint density at radius 1 is 1.05 bits per heavy atom. The van der Waals surface area contributed by atoms with E-state index in [0.717, 1.165) is 21.8 Å². The van der Waals surface area contributed by atoms with Crippen LogP contribution in [0.15, 0.2) is 42.5 Å². The second-order valence-corrected chi connectivity index (χ2v) is 4.34. The summed E-state index contributed by atoms with van der Waals surface area (Å²) in [6.07, 6.45) is 0. The highest BCUT2D eigenvalue weighted by atomic mass is 16.5. The standard InChI is InChI=1S/C15H12N2O2/c1-19-15(18)10-3-5-13-11(7-10)6-9-2-4-12(16)8-14(9)17-13/h2-8H,16H2,1H3. The number of aromatic nitrogens is 1. The van der Waals surface area contributed by atoms with Crippen molar-refractivity contribution in [2.45, 2.75) is 0 Å².